The van der Waals surface area contributed by atoms with Crippen LogP contribution in [0.15, 0.2) is 48.7 Å². The van der Waals surface area contributed by atoms with Gasteiger partial charge in [-0.05, 0) is 38.1 Å². The third kappa shape index (κ3) is 4.72. The second-order valence-electron chi connectivity index (χ2n) is 4.73. The summed E-state index contributed by atoms with van der Waals surface area (Å²) in [6, 6.07) is 14.3. The van der Waals surface area contributed by atoms with Crippen LogP contribution in [0.3, 0.4) is 0 Å². The van der Waals surface area contributed by atoms with Crippen molar-refractivity contribution in [1.29, 1.82) is 0 Å². The van der Waals surface area contributed by atoms with Crippen LogP contribution in [0.25, 0.3) is 0 Å². The summed E-state index contributed by atoms with van der Waals surface area (Å²) < 4.78 is 5.73. The normalized spacial score (nSPS) is 12.1. The molecule has 1 atom stereocenters. The number of ether oxygens (including phenoxy) is 1. The molecule has 1 aromatic carbocycles. The van der Waals surface area contributed by atoms with Crippen molar-refractivity contribution < 1.29 is 4.74 Å². The lowest BCUT2D eigenvalue weighted by atomic mass is 10.2. The zero-order valence-electron chi connectivity index (χ0n) is 11.5. The Bertz CT molecular complexity index is 482. The lowest BCUT2D eigenvalue weighted by Crippen LogP contribution is -2.31. The number of hydrogen-bond acceptors (Lipinski definition) is 3. The molecular weight excluding hydrogens is 236 g/mol. The van der Waals surface area contributed by atoms with Gasteiger partial charge in [0.25, 0.3) is 0 Å². The molecule has 2 aromatic rings. The summed E-state index contributed by atoms with van der Waals surface area (Å²) in [7, 11) is 0. The van der Waals surface area contributed by atoms with Gasteiger partial charge in [-0.3, -0.25) is 4.98 Å². The maximum absolute atomic E-state index is 5.73. The van der Waals surface area contributed by atoms with Gasteiger partial charge in [0.1, 0.15) is 12.4 Å². The molecule has 0 amide bonds. The Morgan fingerprint density at radius 2 is 1.95 bits per heavy atom. The number of pyridine rings is 1. The highest BCUT2D eigenvalue weighted by Crippen LogP contribution is 2.11. The van der Waals surface area contributed by atoms with Crippen LogP contribution in [0.2, 0.25) is 0 Å². The van der Waals surface area contributed by atoms with Crippen LogP contribution in [0.5, 0.6) is 5.75 Å². The zero-order valence-corrected chi connectivity index (χ0v) is 11.5. The lowest BCUT2D eigenvalue weighted by molar-refractivity contribution is 0.272. The van der Waals surface area contributed by atoms with Gasteiger partial charge in [-0.15, -0.1) is 0 Å². The highest BCUT2D eigenvalue weighted by molar-refractivity contribution is 5.26. The molecule has 3 nitrogen and oxygen atoms in total. The van der Waals surface area contributed by atoms with E-state index in [-0.39, 0.29) is 6.04 Å². The van der Waals surface area contributed by atoms with E-state index in [1.807, 2.05) is 36.5 Å². The second-order valence-corrected chi connectivity index (χ2v) is 4.73. The Morgan fingerprint density at radius 1 is 1.16 bits per heavy atom. The first-order valence-corrected chi connectivity index (χ1v) is 6.57. The van der Waals surface area contributed by atoms with Gasteiger partial charge in [0.05, 0.1) is 5.69 Å². The third-order valence-corrected chi connectivity index (χ3v) is 2.88. The van der Waals surface area contributed by atoms with Crippen LogP contribution in [-0.2, 0) is 6.54 Å². The average Bonchev–Trinajstić information content (AvgIpc) is 2.45. The summed E-state index contributed by atoms with van der Waals surface area (Å²) in [4.78, 5) is 4.28. The Balaban J connectivity index is 1.72. The molecule has 0 aliphatic carbocycles. The van der Waals surface area contributed by atoms with Gasteiger partial charge in [-0.2, -0.15) is 0 Å². The molecule has 1 aromatic heterocycles. The van der Waals surface area contributed by atoms with Crippen LogP contribution in [0, 0.1) is 6.92 Å². The molecule has 1 unspecified atom stereocenters. The van der Waals surface area contributed by atoms with Gasteiger partial charge in [0, 0.05) is 18.8 Å². The van der Waals surface area contributed by atoms with Gasteiger partial charge in [-0.1, -0.05) is 23.8 Å². The lowest BCUT2D eigenvalue weighted by Gasteiger charge is -2.14. The molecule has 0 spiro atoms. The molecule has 0 bridgehead atoms. The summed E-state index contributed by atoms with van der Waals surface area (Å²) in [5.41, 5.74) is 2.29. The van der Waals surface area contributed by atoms with E-state index in [4.69, 9.17) is 4.74 Å². The van der Waals surface area contributed by atoms with Crippen LogP contribution in [0.4, 0.5) is 0 Å². The summed E-state index contributed by atoms with van der Waals surface area (Å²) in [6.07, 6.45) is 1.81. The molecule has 2 rings (SSSR count). The van der Waals surface area contributed by atoms with E-state index in [0.717, 1.165) is 18.0 Å². The first-order chi connectivity index (χ1) is 9.24. The fraction of sp³-hybridized carbons (Fsp3) is 0.312. The predicted octanol–water partition coefficient (Wildman–Crippen LogP) is 2.95. The Morgan fingerprint density at radius 3 is 2.63 bits per heavy atom. The SMILES string of the molecule is Cc1ccc(OCC(C)NCc2ccccn2)cc1. The van der Waals surface area contributed by atoms with Crippen molar-refractivity contribution in [2.24, 2.45) is 0 Å². The monoisotopic (exact) mass is 256 g/mol. The van der Waals surface area contributed by atoms with Gasteiger partial charge >= 0.3 is 0 Å². The Labute approximate surface area is 114 Å². The maximum atomic E-state index is 5.73. The fourth-order valence-corrected chi connectivity index (χ4v) is 1.70. The first kappa shape index (κ1) is 13.6. The minimum absolute atomic E-state index is 0.281. The molecule has 0 aliphatic rings. The van der Waals surface area contributed by atoms with Crippen LogP contribution in [-0.4, -0.2) is 17.6 Å². The van der Waals surface area contributed by atoms with E-state index in [2.05, 4.69) is 36.3 Å². The summed E-state index contributed by atoms with van der Waals surface area (Å²) >= 11 is 0. The molecule has 0 aliphatic heterocycles. The average molecular weight is 256 g/mol. The highest BCUT2D eigenvalue weighted by atomic mass is 16.5. The van der Waals surface area contributed by atoms with E-state index in [9.17, 15) is 0 Å². The number of hydrogen-bond donors (Lipinski definition) is 1. The quantitative estimate of drug-likeness (QED) is 0.863. The van der Waals surface area contributed by atoms with E-state index in [0.29, 0.717) is 6.61 Å². The zero-order chi connectivity index (χ0) is 13.5. The fourth-order valence-electron chi connectivity index (χ4n) is 1.70. The van der Waals surface area contributed by atoms with Crippen molar-refractivity contribution in [2.75, 3.05) is 6.61 Å². The Hall–Kier alpha value is -1.87. The number of aromatic nitrogens is 1. The number of nitrogens with one attached hydrogen (secondary N) is 1. The summed E-state index contributed by atoms with van der Waals surface area (Å²) in [6.45, 7) is 5.59. The van der Waals surface area contributed by atoms with Crippen molar-refractivity contribution in [1.82, 2.24) is 10.3 Å². The van der Waals surface area contributed by atoms with Crippen LogP contribution >= 0.6 is 0 Å². The number of nitrogens with zero attached hydrogens (tertiary/aromatic N) is 1. The molecule has 100 valence electrons. The molecule has 1 heterocycles. The maximum Gasteiger partial charge on any atom is 0.119 e. The molecule has 0 saturated carbocycles. The van der Waals surface area contributed by atoms with Gasteiger partial charge in [0.2, 0.25) is 0 Å². The van der Waals surface area contributed by atoms with Crippen molar-refractivity contribution in [2.45, 2.75) is 26.4 Å². The van der Waals surface area contributed by atoms with Crippen LogP contribution in [0.1, 0.15) is 18.2 Å². The van der Waals surface area contributed by atoms with E-state index in [1.54, 1.807) is 0 Å². The van der Waals surface area contributed by atoms with Crippen molar-refractivity contribution in [3.8, 4) is 5.75 Å². The van der Waals surface area contributed by atoms with Crippen molar-refractivity contribution >= 4 is 0 Å². The predicted molar refractivity (Wildman–Crippen MR) is 77.2 cm³/mol. The first-order valence-electron chi connectivity index (χ1n) is 6.57. The molecule has 0 fully saturated rings. The summed E-state index contributed by atoms with van der Waals surface area (Å²) in [5, 5.41) is 3.39. The standard InChI is InChI=1S/C16H20N2O/c1-13-6-8-16(9-7-13)19-12-14(2)18-11-15-5-3-4-10-17-15/h3-10,14,18H,11-12H2,1-2H3. The van der Waals surface area contributed by atoms with Crippen molar-refractivity contribution in [3.05, 3.63) is 59.9 Å². The Kier molecular flexibility index (Phi) is 4.93. The van der Waals surface area contributed by atoms with Crippen LogP contribution < -0.4 is 10.1 Å². The molecule has 19 heavy (non-hydrogen) atoms. The minimum atomic E-state index is 0.281. The van der Waals surface area contributed by atoms with Gasteiger partial charge in [-0.25, -0.2) is 0 Å². The number of aryl methyl sites for hydroxylation is 1. The molecule has 0 radical (unpaired) electrons. The third-order valence-electron chi connectivity index (χ3n) is 2.88. The van der Waals surface area contributed by atoms with E-state index < -0.39 is 0 Å². The largest absolute Gasteiger partial charge is 0.492 e. The van der Waals surface area contributed by atoms with E-state index >= 15 is 0 Å². The smallest absolute Gasteiger partial charge is 0.119 e. The molecular formula is C16H20N2O. The number of rotatable bonds is 6. The molecule has 1 N–H and O–H groups in total. The second kappa shape index (κ2) is 6.90. The van der Waals surface area contributed by atoms with Gasteiger partial charge in [0.15, 0.2) is 0 Å². The molecule has 3 heteroatoms. The molecule has 0 saturated heterocycles. The minimum Gasteiger partial charge on any atom is -0.492 e. The van der Waals surface area contributed by atoms with Gasteiger partial charge < -0.3 is 10.1 Å². The van der Waals surface area contributed by atoms with E-state index in [1.165, 1.54) is 5.56 Å². The highest BCUT2D eigenvalue weighted by Gasteiger charge is 2.03. The summed E-state index contributed by atoms with van der Waals surface area (Å²) in [5.74, 6) is 0.914. The number of benzene rings is 1. The van der Waals surface area contributed by atoms with Crippen molar-refractivity contribution in [3.63, 3.8) is 0 Å². The topological polar surface area (TPSA) is 34.1 Å².